The number of ether oxygens (including phenoxy) is 1. The van der Waals surface area contributed by atoms with Crippen LogP contribution in [-0.2, 0) is 13.0 Å². The molecular formula is C31H36ClN3O2. The Morgan fingerprint density at radius 1 is 0.865 bits per heavy atom. The van der Waals surface area contributed by atoms with E-state index in [1.165, 1.54) is 11.1 Å². The third-order valence-corrected chi connectivity index (χ3v) is 7.91. The SMILES string of the molecule is CCc1cccc2c(C(C)=O)cn(CCCN3CCN(CCOc4ccc(Cl)c5ccccc45)CC3)c12. The van der Waals surface area contributed by atoms with E-state index in [9.17, 15) is 4.79 Å². The fourth-order valence-corrected chi connectivity index (χ4v) is 5.75. The van der Waals surface area contributed by atoms with Gasteiger partial charge in [0, 0.05) is 72.2 Å². The molecule has 4 aromatic rings. The van der Waals surface area contributed by atoms with Crippen LogP contribution in [0.4, 0.5) is 0 Å². The van der Waals surface area contributed by atoms with Crippen LogP contribution in [-0.4, -0.2) is 66.0 Å². The number of rotatable bonds is 10. The first-order chi connectivity index (χ1) is 18.0. The Bertz CT molecular complexity index is 1390. The Hall–Kier alpha value is -2.86. The van der Waals surface area contributed by atoms with Crippen molar-refractivity contribution in [3.8, 4) is 5.75 Å². The van der Waals surface area contributed by atoms with E-state index in [0.29, 0.717) is 6.61 Å². The molecule has 5 rings (SSSR count). The summed E-state index contributed by atoms with van der Waals surface area (Å²) in [4.78, 5) is 17.3. The highest BCUT2D eigenvalue weighted by atomic mass is 35.5. The van der Waals surface area contributed by atoms with E-state index < -0.39 is 0 Å². The molecule has 0 aliphatic carbocycles. The second-order valence-electron chi connectivity index (χ2n) is 9.94. The Morgan fingerprint density at radius 3 is 2.30 bits per heavy atom. The van der Waals surface area contributed by atoms with Gasteiger partial charge in [-0.2, -0.15) is 0 Å². The number of benzene rings is 3. The summed E-state index contributed by atoms with van der Waals surface area (Å²) in [6.07, 6.45) is 4.11. The molecule has 0 saturated carbocycles. The van der Waals surface area contributed by atoms with Gasteiger partial charge in [-0.05, 0) is 44.0 Å². The van der Waals surface area contributed by atoms with Gasteiger partial charge < -0.3 is 14.2 Å². The van der Waals surface area contributed by atoms with Crippen molar-refractivity contribution in [3.05, 3.63) is 76.9 Å². The van der Waals surface area contributed by atoms with E-state index in [-0.39, 0.29) is 5.78 Å². The van der Waals surface area contributed by atoms with Crippen LogP contribution in [0.25, 0.3) is 21.7 Å². The molecule has 0 atom stereocenters. The molecule has 0 N–H and O–H groups in total. The van der Waals surface area contributed by atoms with E-state index in [1.54, 1.807) is 6.92 Å². The van der Waals surface area contributed by atoms with Crippen LogP contribution in [0.2, 0.25) is 5.02 Å². The van der Waals surface area contributed by atoms with Gasteiger partial charge in [0.2, 0.25) is 0 Å². The van der Waals surface area contributed by atoms with Crippen molar-refractivity contribution in [2.24, 2.45) is 0 Å². The number of hydrogen-bond acceptors (Lipinski definition) is 4. The lowest BCUT2D eigenvalue weighted by molar-refractivity contribution is 0.101. The number of halogens is 1. The number of hydrogen-bond donors (Lipinski definition) is 0. The summed E-state index contributed by atoms with van der Waals surface area (Å²) < 4.78 is 8.45. The molecule has 37 heavy (non-hydrogen) atoms. The molecule has 194 valence electrons. The molecule has 0 bridgehead atoms. The molecule has 1 aliphatic rings. The van der Waals surface area contributed by atoms with Crippen LogP contribution in [0, 0.1) is 0 Å². The molecule has 0 unspecified atom stereocenters. The highest BCUT2D eigenvalue weighted by Crippen LogP contribution is 2.31. The van der Waals surface area contributed by atoms with Crippen LogP contribution in [0.3, 0.4) is 0 Å². The molecule has 0 spiro atoms. The third kappa shape index (κ3) is 5.69. The zero-order valence-electron chi connectivity index (χ0n) is 21.9. The monoisotopic (exact) mass is 517 g/mol. The molecule has 0 amide bonds. The largest absolute Gasteiger partial charge is 0.492 e. The van der Waals surface area contributed by atoms with Crippen LogP contribution in [0.15, 0.2) is 60.8 Å². The van der Waals surface area contributed by atoms with E-state index in [0.717, 1.165) is 91.1 Å². The molecule has 0 radical (unpaired) electrons. The van der Waals surface area contributed by atoms with Gasteiger partial charge in [-0.1, -0.05) is 61.0 Å². The number of carbonyl (C=O) groups is 1. The van der Waals surface area contributed by atoms with Gasteiger partial charge in [0.15, 0.2) is 5.78 Å². The molecule has 1 saturated heterocycles. The maximum absolute atomic E-state index is 12.2. The Labute approximate surface area is 224 Å². The summed E-state index contributed by atoms with van der Waals surface area (Å²) in [5.74, 6) is 1.04. The summed E-state index contributed by atoms with van der Waals surface area (Å²) in [6, 6.07) is 18.3. The average Bonchev–Trinajstić information content (AvgIpc) is 3.30. The van der Waals surface area contributed by atoms with Gasteiger partial charge in [0.05, 0.1) is 5.52 Å². The Balaban J connectivity index is 1.09. The number of aromatic nitrogens is 1. The van der Waals surface area contributed by atoms with Gasteiger partial charge >= 0.3 is 0 Å². The standard InChI is InChI=1S/C31H36ClN3O2/c1-3-24-8-6-11-27-28(23(2)36)22-35(31(24)27)15-7-14-33-16-18-34(19-17-33)20-21-37-30-13-12-29(32)25-9-4-5-10-26(25)30/h4-6,8-13,22H,3,7,14-21H2,1-2H3. The third-order valence-electron chi connectivity index (χ3n) is 7.58. The zero-order valence-corrected chi connectivity index (χ0v) is 22.6. The van der Waals surface area contributed by atoms with Crippen molar-refractivity contribution in [1.29, 1.82) is 0 Å². The summed E-state index contributed by atoms with van der Waals surface area (Å²) in [5, 5.41) is 3.95. The maximum Gasteiger partial charge on any atom is 0.161 e. The predicted octanol–water partition coefficient (Wildman–Crippen LogP) is 6.30. The minimum absolute atomic E-state index is 0.140. The molecule has 2 heterocycles. The number of fused-ring (bicyclic) bond motifs is 2. The fraction of sp³-hybridized carbons (Fsp3) is 0.387. The lowest BCUT2D eigenvalue weighted by atomic mass is 10.1. The van der Waals surface area contributed by atoms with Crippen molar-refractivity contribution in [1.82, 2.24) is 14.4 Å². The number of nitrogens with zero attached hydrogens (tertiary/aromatic N) is 3. The first-order valence-electron chi connectivity index (χ1n) is 13.4. The topological polar surface area (TPSA) is 37.7 Å². The second-order valence-corrected chi connectivity index (χ2v) is 10.3. The average molecular weight is 518 g/mol. The number of aryl methyl sites for hydroxylation is 2. The normalized spacial score (nSPS) is 15.0. The van der Waals surface area contributed by atoms with Crippen LogP contribution in [0.5, 0.6) is 5.75 Å². The first-order valence-corrected chi connectivity index (χ1v) is 13.8. The smallest absolute Gasteiger partial charge is 0.161 e. The van der Waals surface area contributed by atoms with Gasteiger partial charge in [-0.25, -0.2) is 0 Å². The maximum atomic E-state index is 12.2. The first kappa shape index (κ1) is 25.8. The highest BCUT2D eigenvalue weighted by molar-refractivity contribution is 6.35. The molecule has 6 heteroatoms. The molecule has 3 aromatic carbocycles. The number of ketones is 1. The number of para-hydroxylation sites is 1. The number of piperazine rings is 1. The number of carbonyl (C=O) groups excluding carboxylic acids is 1. The van der Waals surface area contributed by atoms with Crippen molar-refractivity contribution < 1.29 is 9.53 Å². The summed E-state index contributed by atoms with van der Waals surface area (Å²) in [7, 11) is 0. The van der Waals surface area contributed by atoms with Gasteiger partial charge in [-0.15, -0.1) is 0 Å². The highest BCUT2D eigenvalue weighted by Gasteiger charge is 2.18. The predicted molar refractivity (Wildman–Crippen MR) is 153 cm³/mol. The van der Waals surface area contributed by atoms with Crippen LogP contribution >= 0.6 is 11.6 Å². The van der Waals surface area contributed by atoms with E-state index in [2.05, 4.69) is 51.8 Å². The van der Waals surface area contributed by atoms with Crippen LogP contribution < -0.4 is 4.74 Å². The quantitative estimate of drug-likeness (QED) is 0.231. The van der Waals surface area contributed by atoms with Crippen molar-refractivity contribution in [2.75, 3.05) is 45.9 Å². The Kier molecular flexibility index (Phi) is 8.14. The van der Waals surface area contributed by atoms with Gasteiger partial charge in [-0.3, -0.25) is 9.69 Å². The van der Waals surface area contributed by atoms with E-state index in [1.807, 2.05) is 30.3 Å². The van der Waals surface area contributed by atoms with Crippen molar-refractivity contribution in [2.45, 2.75) is 33.2 Å². The Morgan fingerprint density at radius 2 is 1.57 bits per heavy atom. The molecule has 1 fully saturated rings. The van der Waals surface area contributed by atoms with Crippen molar-refractivity contribution in [3.63, 3.8) is 0 Å². The number of Topliss-reactive ketones (excluding diaryl/α,β-unsaturated/α-hetero) is 1. The molecule has 1 aliphatic heterocycles. The summed E-state index contributed by atoms with van der Waals surface area (Å²) in [6.45, 7) is 11.7. The molecule has 1 aromatic heterocycles. The fourth-order valence-electron chi connectivity index (χ4n) is 5.53. The summed E-state index contributed by atoms with van der Waals surface area (Å²) in [5.41, 5.74) is 3.38. The molecule has 5 nitrogen and oxygen atoms in total. The minimum Gasteiger partial charge on any atom is -0.492 e. The zero-order chi connectivity index (χ0) is 25.8. The van der Waals surface area contributed by atoms with Gasteiger partial charge in [0.1, 0.15) is 12.4 Å². The van der Waals surface area contributed by atoms with E-state index >= 15 is 0 Å². The molecular weight excluding hydrogens is 482 g/mol. The lowest BCUT2D eigenvalue weighted by Crippen LogP contribution is -2.47. The van der Waals surface area contributed by atoms with Crippen LogP contribution in [0.1, 0.15) is 36.2 Å². The van der Waals surface area contributed by atoms with E-state index in [4.69, 9.17) is 16.3 Å². The minimum atomic E-state index is 0.140. The summed E-state index contributed by atoms with van der Waals surface area (Å²) >= 11 is 6.34. The second kappa shape index (κ2) is 11.7. The van der Waals surface area contributed by atoms with Gasteiger partial charge in [0.25, 0.3) is 0 Å². The lowest BCUT2D eigenvalue weighted by Gasteiger charge is -2.34. The van der Waals surface area contributed by atoms with Crippen molar-refractivity contribution >= 4 is 39.1 Å².